The minimum absolute atomic E-state index is 0. The first-order chi connectivity index (χ1) is 3.00. The van der Waals surface area contributed by atoms with Crippen molar-refractivity contribution in [3.63, 3.8) is 0 Å². The molecule has 0 aliphatic heterocycles. The molecular formula is C6H14O. The lowest BCUT2D eigenvalue weighted by molar-refractivity contribution is 0.824. The lowest BCUT2D eigenvalue weighted by atomic mass is 11.3. The molecule has 7 heavy (non-hydrogen) atoms. The van der Waals surface area contributed by atoms with Crippen LogP contribution in [-0.2, 0) is 0 Å². The van der Waals surface area contributed by atoms with Crippen LogP contribution in [0.5, 0.6) is 0 Å². The molecule has 0 unspecified atom stereocenters. The second-order valence-corrected chi connectivity index (χ2v) is 0. The van der Waals surface area contributed by atoms with E-state index < -0.39 is 0 Å². The third-order valence-corrected chi connectivity index (χ3v) is 0. The highest BCUT2D eigenvalue weighted by Gasteiger charge is 0.605. The summed E-state index contributed by atoms with van der Waals surface area (Å²) >= 11 is 0. The predicted octanol–water partition coefficient (Wildman–Crippen LogP) is 1.58. The van der Waals surface area contributed by atoms with Gasteiger partial charge in [-0.2, -0.15) is 0 Å². The number of rotatable bonds is 0. The molecule has 0 atom stereocenters. The molecule has 0 aromatic heterocycles. The minimum atomic E-state index is 0. The normalized spacial score (nSPS) is 1.71. The van der Waals surface area contributed by atoms with Crippen molar-refractivity contribution < 1.29 is 5.48 Å². The van der Waals surface area contributed by atoms with E-state index in [-0.39, 0.29) is 5.48 Å². The van der Waals surface area contributed by atoms with Gasteiger partial charge >= 0.3 is 0 Å². The van der Waals surface area contributed by atoms with Crippen molar-refractivity contribution in [3.05, 3.63) is 39.5 Å². The van der Waals surface area contributed by atoms with E-state index in [0.29, 0.717) is 0 Å². The molecular weight excluding hydrogens is 88.1 g/mol. The Balaban J connectivity index is -0.00000000900. The van der Waals surface area contributed by atoms with Gasteiger partial charge in [0.15, 0.2) is 0 Å². The van der Waals surface area contributed by atoms with Crippen LogP contribution < -0.4 is 0 Å². The van der Waals surface area contributed by atoms with Crippen molar-refractivity contribution in [1.29, 1.82) is 0 Å². The summed E-state index contributed by atoms with van der Waals surface area (Å²) in [7, 11) is 0. The Morgan fingerprint density at radius 1 is 0.429 bits per heavy atom. The molecule has 0 saturated carbocycles. The molecule has 0 radical (unpaired) electrons. The molecule has 0 aromatic rings. The third kappa shape index (κ3) is 77.9. The monoisotopic (exact) mass is 102 g/mol. The van der Waals surface area contributed by atoms with E-state index >= 15 is 0 Å². The van der Waals surface area contributed by atoms with Gasteiger partial charge in [-0.25, -0.2) is 0 Å². The van der Waals surface area contributed by atoms with Gasteiger partial charge in [0.2, 0.25) is 0 Å². The summed E-state index contributed by atoms with van der Waals surface area (Å²) in [5.41, 5.74) is 0. The van der Waals surface area contributed by atoms with Crippen LogP contribution in [0.2, 0.25) is 0 Å². The molecule has 0 aliphatic carbocycles. The lowest BCUT2D eigenvalue weighted by Gasteiger charge is -0.813. The van der Waals surface area contributed by atoms with E-state index in [1.807, 2.05) is 0 Å². The second kappa shape index (κ2) is 135. The fourth-order valence-corrected chi connectivity index (χ4v) is 0. The first-order valence-electron chi connectivity index (χ1n) is 1.50. The highest BCUT2D eigenvalue weighted by Crippen LogP contribution is 0.866. The van der Waals surface area contributed by atoms with Gasteiger partial charge in [0, 0.05) is 0 Å². The SMILES string of the molecule is C=C.C=C.C=C.O. The fourth-order valence-electron chi connectivity index (χ4n) is 0. The molecule has 0 aromatic carbocycles. The molecule has 0 rings (SSSR count). The van der Waals surface area contributed by atoms with Crippen molar-refractivity contribution in [1.82, 2.24) is 0 Å². The summed E-state index contributed by atoms with van der Waals surface area (Å²) in [5.74, 6) is 0. The van der Waals surface area contributed by atoms with Gasteiger partial charge in [-0.15, -0.1) is 39.5 Å². The molecule has 0 saturated heterocycles. The van der Waals surface area contributed by atoms with E-state index in [2.05, 4.69) is 39.5 Å². The molecule has 2 N–H and O–H groups in total. The molecule has 0 spiro atoms. The zero-order chi connectivity index (χ0) is 6.00. The van der Waals surface area contributed by atoms with Crippen LogP contribution in [0.1, 0.15) is 0 Å². The summed E-state index contributed by atoms with van der Waals surface area (Å²) in [6, 6.07) is 0. The zero-order valence-corrected chi connectivity index (χ0v) is 4.74. The van der Waals surface area contributed by atoms with Gasteiger partial charge in [-0.05, 0) is 0 Å². The Morgan fingerprint density at radius 3 is 0.429 bits per heavy atom. The number of hydrogen-bond acceptors (Lipinski definition) is 0. The van der Waals surface area contributed by atoms with Crippen LogP contribution in [0.4, 0.5) is 0 Å². The molecule has 0 aliphatic rings. The standard InChI is InChI=1S/3C2H4.H2O/c3*1-2;/h3*1-2H2;1H2. The maximum absolute atomic E-state index is 3.00. The smallest absolute Gasteiger partial charge is 0.106 e. The summed E-state index contributed by atoms with van der Waals surface area (Å²) in [6.45, 7) is 18.0. The van der Waals surface area contributed by atoms with Gasteiger partial charge in [-0.3, -0.25) is 0 Å². The Kier molecular flexibility index (Phi) is 671. The second-order valence-electron chi connectivity index (χ2n) is 0. The fraction of sp³-hybridized carbons (Fsp3) is 0. The number of hydrogen-bond donors (Lipinski definition) is 0. The molecule has 0 bridgehead atoms. The third-order valence-electron chi connectivity index (χ3n) is 0. The molecule has 1 heteroatoms. The Labute approximate surface area is 46.0 Å². The summed E-state index contributed by atoms with van der Waals surface area (Å²) in [4.78, 5) is 0. The first-order valence-corrected chi connectivity index (χ1v) is 1.50. The van der Waals surface area contributed by atoms with Gasteiger partial charge in [0.1, 0.15) is 0 Å². The highest BCUT2D eigenvalue weighted by atomic mass is 16.0. The summed E-state index contributed by atoms with van der Waals surface area (Å²) < 4.78 is 0. The van der Waals surface area contributed by atoms with Gasteiger partial charge in [0.05, 0.1) is 0 Å². The van der Waals surface area contributed by atoms with Crippen LogP contribution in [0.15, 0.2) is 39.5 Å². The van der Waals surface area contributed by atoms with Crippen LogP contribution in [0, 0.1) is 0 Å². The molecule has 0 heterocycles. The predicted molar refractivity (Wildman–Crippen MR) is 37.4 cm³/mol. The highest BCUT2D eigenvalue weighted by molar-refractivity contribution is 4.22. The van der Waals surface area contributed by atoms with Gasteiger partial charge < -0.3 is 5.48 Å². The maximum Gasteiger partial charge on any atom is -0.106 e. The van der Waals surface area contributed by atoms with E-state index in [9.17, 15) is 0 Å². The summed E-state index contributed by atoms with van der Waals surface area (Å²) in [5, 5.41) is 0. The van der Waals surface area contributed by atoms with E-state index in [1.54, 1.807) is 0 Å². The molecule has 44 valence electrons. The van der Waals surface area contributed by atoms with Crippen LogP contribution >= 0.6 is 0 Å². The molecule has 1 nitrogen and oxygen atoms in total. The van der Waals surface area contributed by atoms with Crippen molar-refractivity contribution in [3.8, 4) is 0 Å². The van der Waals surface area contributed by atoms with Gasteiger partial charge in [0.25, 0.3) is 0 Å². The maximum atomic E-state index is 3.00. The van der Waals surface area contributed by atoms with Crippen LogP contribution in [0.25, 0.3) is 0 Å². The minimum Gasteiger partial charge on any atom is -0.412 e. The van der Waals surface area contributed by atoms with E-state index in [4.69, 9.17) is 0 Å². The topological polar surface area (TPSA) is 31.5 Å². The summed E-state index contributed by atoms with van der Waals surface area (Å²) in [6.07, 6.45) is 0. The first kappa shape index (κ1) is 34.9. The van der Waals surface area contributed by atoms with Crippen molar-refractivity contribution in [2.45, 2.75) is 0 Å². The Hall–Kier alpha value is -0.820. The largest absolute Gasteiger partial charge is 0.412 e. The Bertz CT molecular complexity index is 8.90. The average molecular weight is 102 g/mol. The van der Waals surface area contributed by atoms with Crippen molar-refractivity contribution in [2.24, 2.45) is 0 Å². The Morgan fingerprint density at radius 2 is 0.429 bits per heavy atom. The average Bonchev–Trinajstić information content (AvgIpc) is 1.81. The van der Waals surface area contributed by atoms with Gasteiger partial charge in [-0.1, -0.05) is 0 Å². The van der Waals surface area contributed by atoms with Crippen molar-refractivity contribution >= 4 is 0 Å². The lowest BCUT2D eigenvalue weighted by Crippen LogP contribution is -0.552. The zero-order valence-electron chi connectivity index (χ0n) is 4.74. The molecule has 0 amide bonds. The van der Waals surface area contributed by atoms with Crippen LogP contribution in [-0.4, -0.2) is 5.48 Å². The van der Waals surface area contributed by atoms with Crippen LogP contribution in [0.3, 0.4) is 0 Å². The van der Waals surface area contributed by atoms with E-state index in [1.165, 1.54) is 0 Å². The quantitative estimate of drug-likeness (QED) is 0.416. The van der Waals surface area contributed by atoms with E-state index in [0.717, 1.165) is 0 Å². The molecule has 0 fully saturated rings. The van der Waals surface area contributed by atoms with Crippen molar-refractivity contribution in [2.75, 3.05) is 0 Å².